The first-order valence-electron chi connectivity index (χ1n) is 4.45. The molecule has 1 aromatic carbocycles. The zero-order chi connectivity index (χ0) is 8.67. The molecule has 3 rings (SSSR count). The van der Waals surface area contributed by atoms with E-state index in [9.17, 15) is 0 Å². The Labute approximate surface area is 81.7 Å². The van der Waals surface area contributed by atoms with Gasteiger partial charge in [0, 0.05) is 11.2 Å². The van der Waals surface area contributed by atoms with Gasteiger partial charge in [-0.3, -0.25) is 0 Å². The van der Waals surface area contributed by atoms with Gasteiger partial charge < -0.3 is 0 Å². The quantitative estimate of drug-likeness (QED) is 0.587. The maximum Gasteiger partial charge on any atom is 0.0381 e. The Morgan fingerprint density at radius 3 is 2.69 bits per heavy atom. The molecule has 1 radical (unpaired) electrons. The van der Waals surface area contributed by atoms with Crippen molar-refractivity contribution >= 4 is 23.9 Å². The molecule has 0 nitrogen and oxygen atoms in total. The Bertz CT molecular complexity index is 470. The van der Waals surface area contributed by atoms with Crippen LogP contribution in [0.4, 0.5) is 0 Å². The third-order valence-corrected chi connectivity index (χ3v) is 3.55. The number of hydrogen-bond donors (Lipinski definition) is 0. The second-order valence-corrected chi connectivity index (χ2v) is 4.43. The van der Waals surface area contributed by atoms with Crippen molar-refractivity contribution < 1.29 is 0 Å². The fourth-order valence-electron chi connectivity index (χ4n) is 1.85. The fraction of sp³-hybridized carbons (Fsp3) is 0.167. The Balaban J connectivity index is 2.28. The van der Waals surface area contributed by atoms with E-state index in [1.165, 1.54) is 10.4 Å². The number of thioether (sulfide) groups is 1. The van der Waals surface area contributed by atoms with Gasteiger partial charge in [-0.2, -0.15) is 0 Å². The van der Waals surface area contributed by atoms with E-state index in [0.29, 0.717) is 11.2 Å². The smallest absolute Gasteiger partial charge is 0.0381 e. The lowest BCUT2D eigenvalue weighted by Crippen LogP contribution is -2.32. The Morgan fingerprint density at radius 2 is 1.85 bits per heavy atom. The van der Waals surface area contributed by atoms with Crippen molar-refractivity contribution in [2.45, 2.75) is 5.25 Å². The fourth-order valence-corrected chi connectivity index (χ4v) is 2.79. The van der Waals surface area contributed by atoms with E-state index in [0.717, 1.165) is 0 Å². The highest BCUT2D eigenvalue weighted by Gasteiger charge is 2.21. The van der Waals surface area contributed by atoms with Gasteiger partial charge in [0.25, 0.3) is 0 Å². The third-order valence-electron chi connectivity index (χ3n) is 2.54. The molecule has 0 saturated carbocycles. The van der Waals surface area contributed by atoms with Crippen molar-refractivity contribution in [3.05, 3.63) is 46.2 Å². The molecular formula is C12H9S. The molecule has 1 aromatic rings. The average Bonchev–Trinajstić information content (AvgIpc) is 2.61. The van der Waals surface area contributed by atoms with E-state index < -0.39 is 0 Å². The Hall–Kier alpha value is -0.950. The van der Waals surface area contributed by atoms with E-state index in [1.54, 1.807) is 0 Å². The Morgan fingerprint density at radius 1 is 1.08 bits per heavy atom. The van der Waals surface area contributed by atoms with Crippen LogP contribution in [0, 0.1) is 12.0 Å². The summed E-state index contributed by atoms with van der Waals surface area (Å²) in [7, 11) is 0. The molecule has 0 bridgehead atoms. The number of hydrogen-bond acceptors (Lipinski definition) is 1. The molecule has 0 fully saturated rings. The molecule has 1 aliphatic carbocycles. The summed E-state index contributed by atoms with van der Waals surface area (Å²) in [6.45, 7) is 0. The standard InChI is InChI=1S/C12H9S/c1-2-4-10-8-12-11(5-6-13-12)7-9(10)3-1/h1-4,6-8,11-12H. The van der Waals surface area contributed by atoms with Gasteiger partial charge in [0.1, 0.15) is 0 Å². The van der Waals surface area contributed by atoms with E-state index in [-0.39, 0.29) is 0 Å². The van der Waals surface area contributed by atoms with E-state index in [4.69, 9.17) is 0 Å². The lowest BCUT2D eigenvalue weighted by molar-refractivity contribution is 0.904. The predicted octanol–water partition coefficient (Wildman–Crippen LogP) is 1.31. The van der Waals surface area contributed by atoms with Crippen LogP contribution in [0.15, 0.2) is 29.7 Å². The minimum Gasteiger partial charge on any atom is -0.125 e. The van der Waals surface area contributed by atoms with Crippen LogP contribution < -0.4 is 10.4 Å². The molecule has 1 aliphatic heterocycles. The maximum absolute atomic E-state index is 3.35. The molecule has 0 saturated heterocycles. The summed E-state index contributed by atoms with van der Waals surface area (Å²) in [5.74, 6) is 0.500. The minimum atomic E-state index is 0.500. The number of allylic oxidation sites excluding steroid dienone is 1. The summed E-state index contributed by atoms with van der Waals surface area (Å²) in [6, 6.07) is 8.54. The van der Waals surface area contributed by atoms with Gasteiger partial charge in [-0.05, 0) is 21.9 Å². The number of rotatable bonds is 0. The highest BCUT2D eigenvalue weighted by Crippen LogP contribution is 2.31. The van der Waals surface area contributed by atoms with E-state index in [2.05, 4.69) is 47.9 Å². The summed E-state index contributed by atoms with van der Waals surface area (Å²) in [5, 5.41) is 5.41. The summed E-state index contributed by atoms with van der Waals surface area (Å²) in [6.07, 6.45) is 8.01. The van der Waals surface area contributed by atoms with Crippen molar-refractivity contribution in [2.24, 2.45) is 5.92 Å². The van der Waals surface area contributed by atoms with Crippen LogP contribution in [0.3, 0.4) is 0 Å². The largest absolute Gasteiger partial charge is 0.125 e. The van der Waals surface area contributed by atoms with Crippen LogP contribution in [-0.2, 0) is 0 Å². The van der Waals surface area contributed by atoms with Crippen LogP contribution in [-0.4, -0.2) is 5.25 Å². The first-order chi connectivity index (χ1) is 6.43. The van der Waals surface area contributed by atoms with Gasteiger partial charge in [0.2, 0.25) is 0 Å². The lowest BCUT2D eigenvalue weighted by atomic mass is 9.97. The first kappa shape index (κ1) is 7.45. The molecule has 0 N–H and O–H groups in total. The van der Waals surface area contributed by atoms with Gasteiger partial charge in [-0.1, -0.05) is 36.4 Å². The van der Waals surface area contributed by atoms with Crippen LogP contribution in [0.25, 0.3) is 12.2 Å². The van der Waals surface area contributed by atoms with Gasteiger partial charge in [-0.15, -0.1) is 11.8 Å². The van der Waals surface area contributed by atoms with E-state index in [1.807, 2.05) is 11.8 Å². The van der Waals surface area contributed by atoms with Crippen molar-refractivity contribution in [1.82, 2.24) is 0 Å². The molecular weight excluding hydrogens is 176 g/mol. The van der Waals surface area contributed by atoms with Gasteiger partial charge in [-0.25, -0.2) is 0 Å². The third kappa shape index (κ3) is 1.15. The molecule has 2 aliphatic rings. The number of benzene rings is 1. The summed E-state index contributed by atoms with van der Waals surface area (Å²) < 4.78 is 0. The molecule has 1 heterocycles. The lowest BCUT2D eigenvalue weighted by Gasteiger charge is -2.14. The van der Waals surface area contributed by atoms with Crippen molar-refractivity contribution in [2.75, 3.05) is 0 Å². The SMILES string of the molecule is [C]1=CSC2C=c3ccccc3=CC12. The van der Waals surface area contributed by atoms with Crippen molar-refractivity contribution in [3.63, 3.8) is 0 Å². The topological polar surface area (TPSA) is 0 Å². The van der Waals surface area contributed by atoms with Crippen LogP contribution in [0.2, 0.25) is 0 Å². The van der Waals surface area contributed by atoms with Crippen LogP contribution in [0.5, 0.6) is 0 Å². The molecule has 0 aromatic heterocycles. The summed E-state index contributed by atoms with van der Waals surface area (Å²) in [5.41, 5.74) is 0. The first-order valence-corrected chi connectivity index (χ1v) is 5.40. The highest BCUT2D eigenvalue weighted by molar-refractivity contribution is 8.03. The van der Waals surface area contributed by atoms with Crippen LogP contribution in [0.1, 0.15) is 0 Å². The van der Waals surface area contributed by atoms with Gasteiger partial charge >= 0.3 is 0 Å². The molecule has 13 heavy (non-hydrogen) atoms. The predicted molar refractivity (Wildman–Crippen MR) is 57.3 cm³/mol. The number of fused-ring (bicyclic) bond motifs is 2. The Kier molecular flexibility index (Phi) is 1.59. The highest BCUT2D eigenvalue weighted by atomic mass is 32.2. The summed E-state index contributed by atoms with van der Waals surface area (Å²) >= 11 is 1.87. The second kappa shape index (κ2) is 2.78. The molecule has 2 unspecified atom stereocenters. The van der Waals surface area contributed by atoms with Crippen LogP contribution >= 0.6 is 11.8 Å². The molecule has 63 valence electrons. The van der Waals surface area contributed by atoms with Crippen molar-refractivity contribution in [3.8, 4) is 0 Å². The zero-order valence-electron chi connectivity index (χ0n) is 7.10. The van der Waals surface area contributed by atoms with E-state index >= 15 is 0 Å². The normalized spacial score (nSPS) is 28.6. The molecule has 1 heteroatoms. The average molecular weight is 185 g/mol. The zero-order valence-corrected chi connectivity index (χ0v) is 7.92. The summed E-state index contributed by atoms with van der Waals surface area (Å²) in [4.78, 5) is 0. The molecule has 0 spiro atoms. The maximum atomic E-state index is 3.35. The second-order valence-electron chi connectivity index (χ2n) is 3.37. The molecule has 0 amide bonds. The van der Waals surface area contributed by atoms with Gasteiger partial charge in [0.05, 0.1) is 0 Å². The minimum absolute atomic E-state index is 0.500. The molecule has 2 atom stereocenters. The monoisotopic (exact) mass is 185 g/mol. The van der Waals surface area contributed by atoms with Gasteiger partial charge in [0.15, 0.2) is 0 Å². The van der Waals surface area contributed by atoms with Crippen molar-refractivity contribution in [1.29, 1.82) is 0 Å².